The summed E-state index contributed by atoms with van der Waals surface area (Å²) in [5.74, 6) is -0.905. The Kier molecular flexibility index (Phi) is 11.0. The fraction of sp³-hybridized carbons (Fsp3) is 0.257. The van der Waals surface area contributed by atoms with Crippen molar-refractivity contribution in [2.24, 2.45) is 0 Å². The third-order valence-corrected chi connectivity index (χ3v) is 9.33. The van der Waals surface area contributed by atoms with E-state index in [0.717, 1.165) is 15.4 Å². The summed E-state index contributed by atoms with van der Waals surface area (Å²) in [5, 5.41) is 3.99. The number of carbonyl (C=O) groups is 2. The maximum atomic E-state index is 14.5. The van der Waals surface area contributed by atoms with Gasteiger partial charge in [0.2, 0.25) is 11.8 Å². The second-order valence-electron chi connectivity index (χ2n) is 11.8. The van der Waals surface area contributed by atoms with Crippen LogP contribution in [0.25, 0.3) is 0 Å². The molecule has 10 heteroatoms. The number of sulfonamides is 1. The van der Waals surface area contributed by atoms with Gasteiger partial charge < -0.3 is 10.2 Å². The first-order chi connectivity index (χ1) is 21.2. The lowest BCUT2D eigenvalue weighted by Crippen LogP contribution is -2.56. The van der Waals surface area contributed by atoms with Crippen LogP contribution in [-0.2, 0) is 32.6 Å². The summed E-state index contributed by atoms with van der Waals surface area (Å²) in [6.07, 6.45) is 0.216. The fourth-order valence-corrected chi connectivity index (χ4v) is 6.78. The minimum atomic E-state index is -4.21. The molecular formula is C35H37Cl2N3O4S. The third kappa shape index (κ3) is 9.10. The monoisotopic (exact) mass is 665 g/mol. The molecule has 1 N–H and O–H groups in total. The first-order valence-electron chi connectivity index (χ1n) is 14.5. The van der Waals surface area contributed by atoms with Crippen molar-refractivity contribution in [3.05, 3.63) is 130 Å². The van der Waals surface area contributed by atoms with Gasteiger partial charge in [0.15, 0.2) is 0 Å². The molecule has 45 heavy (non-hydrogen) atoms. The van der Waals surface area contributed by atoms with Gasteiger partial charge in [0, 0.05) is 28.5 Å². The molecule has 0 saturated carbocycles. The lowest BCUT2D eigenvalue weighted by Gasteiger charge is -2.35. The smallest absolute Gasteiger partial charge is 0.264 e. The van der Waals surface area contributed by atoms with E-state index in [2.05, 4.69) is 5.32 Å². The van der Waals surface area contributed by atoms with E-state index in [0.29, 0.717) is 21.3 Å². The van der Waals surface area contributed by atoms with Gasteiger partial charge in [0.1, 0.15) is 12.6 Å². The number of halogens is 2. The molecule has 0 aliphatic heterocycles. The van der Waals surface area contributed by atoms with Crippen LogP contribution < -0.4 is 9.62 Å². The molecule has 0 aliphatic rings. The summed E-state index contributed by atoms with van der Waals surface area (Å²) in [4.78, 5) is 30.0. The SMILES string of the molecule is Cc1cc(Cl)ccc1N(CC(=O)N(Cc1ccc(Cl)cc1)[C@H](Cc1ccccc1)C(=O)NC(C)(C)C)S(=O)(=O)c1ccccc1. The molecule has 0 fully saturated rings. The lowest BCUT2D eigenvalue weighted by molar-refractivity contribution is -0.140. The summed E-state index contributed by atoms with van der Waals surface area (Å²) in [7, 11) is -4.21. The van der Waals surface area contributed by atoms with Crippen LogP contribution in [0.5, 0.6) is 0 Å². The number of hydrogen-bond donors (Lipinski definition) is 1. The molecule has 4 aromatic rings. The number of anilines is 1. The highest BCUT2D eigenvalue weighted by Gasteiger charge is 2.36. The molecule has 4 aromatic carbocycles. The highest BCUT2D eigenvalue weighted by molar-refractivity contribution is 7.92. The average molecular weight is 667 g/mol. The molecular weight excluding hydrogens is 629 g/mol. The second-order valence-corrected chi connectivity index (χ2v) is 14.6. The highest BCUT2D eigenvalue weighted by Crippen LogP contribution is 2.30. The van der Waals surface area contributed by atoms with Crippen molar-refractivity contribution in [1.82, 2.24) is 10.2 Å². The molecule has 0 aliphatic carbocycles. The van der Waals surface area contributed by atoms with Crippen molar-refractivity contribution in [3.8, 4) is 0 Å². The molecule has 0 saturated heterocycles. The van der Waals surface area contributed by atoms with Gasteiger partial charge in [-0.05, 0) is 86.8 Å². The Bertz CT molecular complexity index is 1730. The van der Waals surface area contributed by atoms with Crippen LogP contribution in [0.4, 0.5) is 5.69 Å². The zero-order valence-electron chi connectivity index (χ0n) is 25.7. The number of aryl methyl sites for hydroxylation is 1. The number of carbonyl (C=O) groups excluding carboxylic acids is 2. The molecule has 236 valence electrons. The highest BCUT2D eigenvalue weighted by atomic mass is 35.5. The number of hydrogen-bond acceptors (Lipinski definition) is 4. The molecule has 0 heterocycles. The van der Waals surface area contributed by atoms with Crippen LogP contribution >= 0.6 is 23.2 Å². The van der Waals surface area contributed by atoms with Crippen LogP contribution in [0.2, 0.25) is 10.0 Å². The molecule has 0 radical (unpaired) electrons. The van der Waals surface area contributed by atoms with E-state index >= 15 is 0 Å². The quantitative estimate of drug-likeness (QED) is 0.186. The lowest BCUT2D eigenvalue weighted by atomic mass is 10.0. The van der Waals surface area contributed by atoms with Crippen molar-refractivity contribution in [1.29, 1.82) is 0 Å². The first kappa shape index (κ1) is 34.0. The van der Waals surface area contributed by atoms with Gasteiger partial charge in [-0.3, -0.25) is 13.9 Å². The molecule has 2 amide bonds. The number of nitrogens with zero attached hydrogens (tertiary/aromatic N) is 2. The summed E-state index contributed by atoms with van der Waals surface area (Å²) in [6.45, 7) is 6.83. The molecule has 0 unspecified atom stereocenters. The van der Waals surface area contributed by atoms with Gasteiger partial charge in [-0.15, -0.1) is 0 Å². The first-order valence-corrected chi connectivity index (χ1v) is 16.7. The maximum Gasteiger partial charge on any atom is 0.264 e. The predicted octanol–water partition coefficient (Wildman–Crippen LogP) is 7.05. The minimum absolute atomic E-state index is 0.0303. The van der Waals surface area contributed by atoms with Crippen LogP contribution in [0.1, 0.15) is 37.5 Å². The Balaban J connectivity index is 1.83. The minimum Gasteiger partial charge on any atom is -0.350 e. The van der Waals surface area contributed by atoms with E-state index in [4.69, 9.17) is 23.2 Å². The zero-order valence-corrected chi connectivity index (χ0v) is 28.0. The summed E-state index contributed by atoms with van der Waals surface area (Å²) in [5.41, 5.74) is 1.88. The Hall–Kier alpha value is -3.85. The molecule has 0 bridgehead atoms. The molecule has 4 rings (SSSR count). The largest absolute Gasteiger partial charge is 0.350 e. The predicted molar refractivity (Wildman–Crippen MR) is 181 cm³/mol. The normalized spacial score (nSPS) is 12.3. The third-order valence-electron chi connectivity index (χ3n) is 7.07. The van der Waals surface area contributed by atoms with Crippen molar-refractivity contribution in [3.63, 3.8) is 0 Å². The van der Waals surface area contributed by atoms with Gasteiger partial charge in [-0.1, -0.05) is 83.9 Å². The van der Waals surface area contributed by atoms with E-state index in [1.54, 1.807) is 67.6 Å². The van der Waals surface area contributed by atoms with Crippen molar-refractivity contribution in [2.45, 2.75) is 57.1 Å². The van der Waals surface area contributed by atoms with E-state index in [9.17, 15) is 18.0 Å². The fourth-order valence-electron chi connectivity index (χ4n) is 4.93. The second kappa shape index (κ2) is 14.5. The topological polar surface area (TPSA) is 86.8 Å². The Morgan fingerprint density at radius 2 is 1.38 bits per heavy atom. The molecule has 7 nitrogen and oxygen atoms in total. The van der Waals surface area contributed by atoms with Gasteiger partial charge in [-0.25, -0.2) is 8.42 Å². The Morgan fingerprint density at radius 3 is 1.96 bits per heavy atom. The number of nitrogens with one attached hydrogen (secondary N) is 1. The number of amides is 2. The van der Waals surface area contributed by atoms with E-state index in [1.807, 2.05) is 51.1 Å². The van der Waals surface area contributed by atoms with Gasteiger partial charge in [0.05, 0.1) is 10.6 Å². The van der Waals surface area contributed by atoms with Gasteiger partial charge >= 0.3 is 0 Å². The summed E-state index contributed by atoms with van der Waals surface area (Å²) in [6, 6.07) is 28.2. The van der Waals surface area contributed by atoms with Crippen molar-refractivity contribution in [2.75, 3.05) is 10.8 Å². The Labute approximate surface area is 275 Å². The number of benzene rings is 4. The summed E-state index contributed by atoms with van der Waals surface area (Å²) >= 11 is 12.4. The average Bonchev–Trinajstić information content (AvgIpc) is 2.99. The maximum absolute atomic E-state index is 14.5. The molecule has 0 aromatic heterocycles. The van der Waals surface area contributed by atoms with Crippen molar-refractivity contribution < 1.29 is 18.0 Å². The van der Waals surface area contributed by atoms with Crippen LogP contribution in [0.15, 0.2) is 108 Å². The van der Waals surface area contributed by atoms with Crippen LogP contribution in [-0.4, -0.2) is 43.3 Å². The van der Waals surface area contributed by atoms with Crippen LogP contribution in [0.3, 0.4) is 0 Å². The Morgan fingerprint density at radius 1 is 0.800 bits per heavy atom. The van der Waals surface area contributed by atoms with Crippen LogP contribution in [0, 0.1) is 6.92 Å². The molecule has 1 atom stereocenters. The van der Waals surface area contributed by atoms with E-state index in [1.165, 1.54) is 17.0 Å². The standard InChI is InChI=1S/C35H37Cl2N3O4S/c1-25-21-29(37)19-20-31(25)40(45(43,44)30-13-9-6-10-14-30)24-33(41)39(23-27-15-17-28(36)18-16-27)32(34(42)38-35(2,3)4)22-26-11-7-5-8-12-26/h5-21,32H,22-24H2,1-4H3,(H,38,42)/t32-/m1/s1. The summed E-state index contributed by atoms with van der Waals surface area (Å²) < 4.78 is 29.4. The van der Waals surface area contributed by atoms with Gasteiger partial charge in [0.25, 0.3) is 10.0 Å². The number of rotatable bonds is 11. The van der Waals surface area contributed by atoms with Gasteiger partial charge in [-0.2, -0.15) is 0 Å². The van der Waals surface area contributed by atoms with E-state index < -0.39 is 34.1 Å². The zero-order chi connectivity index (χ0) is 32.8. The van der Waals surface area contributed by atoms with E-state index in [-0.39, 0.29) is 23.8 Å². The molecule has 0 spiro atoms. The van der Waals surface area contributed by atoms with Crippen molar-refractivity contribution >= 4 is 50.7 Å².